The minimum absolute atomic E-state index is 0.290. The maximum absolute atomic E-state index is 12.7. The number of anilines is 1. The molecule has 3 rings (SSSR count). The van der Waals surface area contributed by atoms with Gasteiger partial charge in [-0.05, 0) is 47.0 Å². The second kappa shape index (κ2) is 6.98. The summed E-state index contributed by atoms with van der Waals surface area (Å²) in [5.41, 5.74) is 0.906. The molecule has 0 spiro atoms. The molecule has 1 aromatic carbocycles. The maximum Gasteiger partial charge on any atom is 0.325 e. The van der Waals surface area contributed by atoms with Gasteiger partial charge in [0.25, 0.3) is 5.91 Å². The lowest BCUT2D eigenvalue weighted by Gasteiger charge is -2.20. The van der Waals surface area contributed by atoms with E-state index in [9.17, 15) is 14.4 Å². The van der Waals surface area contributed by atoms with Crippen molar-refractivity contribution in [2.75, 3.05) is 11.9 Å². The maximum atomic E-state index is 12.7. The van der Waals surface area contributed by atoms with Gasteiger partial charge < -0.3 is 10.6 Å². The topological polar surface area (TPSA) is 102 Å². The lowest BCUT2D eigenvalue weighted by atomic mass is 9.95. The van der Waals surface area contributed by atoms with E-state index >= 15 is 0 Å². The highest BCUT2D eigenvalue weighted by atomic mass is 32.1. The number of nitriles is 1. The third-order valence-electron chi connectivity index (χ3n) is 4.20. The zero-order valence-corrected chi connectivity index (χ0v) is 14.8. The fourth-order valence-corrected chi connectivity index (χ4v) is 3.49. The normalized spacial score (nSPS) is 19.2. The van der Waals surface area contributed by atoms with Gasteiger partial charge in [0.15, 0.2) is 0 Å². The molecule has 8 heteroatoms. The molecule has 0 radical (unpaired) electrons. The minimum atomic E-state index is -1.16. The van der Waals surface area contributed by atoms with Gasteiger partial charge in [0.1, 0.15) is 12.1 Å². The van der Waals surface area contributed by atoms with Crippen LogP contribution in [0, 0.1) is 11.3 Å². The number of imide groups is 1. The Balaban J connectivity index is 1.67. The van der Waals surface area contributed by atoms with Crippen LogP contribution in [0.4, 0.5) is 10.5 Å². The summed E-state index contributed by atoms with van der Waals surface area (Å²) >= 11 is 1.43. The Morgan fingerprint density at radius 2 is 2.04 bits per heavy atom. The molecule has 132 valence electrons. The van der Waals surface area contributed by atoms with Gasteiger partial charge >= 0.3 is 6.03 Å². The summed E-state index contributed by atoms with van der Waals surface area (Å²) in [6.45, 7) is 1.26. The lowest BCUT2D eigenvalue weighted by molar-refractivity contribution is -0.133. The SMILES string of the molecule is C[C@]1(c2ccsc2)NC(=O)N(CC(=O)Nc2ccc(CC#N)cc2)C1=O. The van der Waals surface area contributed by atoms with Gasteiger partial charge in [-0.3, -0.25) is 14.5 Å². The van der Waals surface area contributed by atoms with E-state index in [1.54, 1.807) is 42.6 Å². The molecule has 26 heavy (non-hydrogen) atoms. The van der Waals surface area contributed by atoms with Gasteiger partial charge in [-0.1, -0.05) is 12.1 Å². The zero-order valence-electron chi connectivity index (χ0n) is 14.0. The lowest BCUT2D eigenvalue weighted by Crippen LogP contribution is -2.41. The van der Waals surface area contributed by atoms with Gasteiger partial charge in [0.2, 0.25) is 5.91 Å². The number of urea groups is 1. The van der Waals surface area contributed by atoms with Crippen molar-refractivity contribution in [3.63, 3.8) is 0 Å². The Bertz CT molecular complexity index is 886. The van der Waals surface area contributed by atoms with Crippen LogP contribution >= 0.6 is 11.3 Å². The van der Waals surface area contributed by atoms with Crippen molar-refractivity contribution in [2.24, 2.45) is 0 Å². The Labute approximate surface area is 154 Å². The summed E-state index contributed by atoms with van der Waals surface area (Å²) < 4.78 is 0. The highest BCUT2D eigenvalue weighted by molar-refractivity contribution is 7.08. The monoisotopic (exact) mass is 368 g/mol. The average Bonchev–Trinajstić information content (AvgIpc) is 3.22. The van der Waals surface area contributed by atoms with E-state index in [0.717, 1.165) is 10.5 Å². The third-order valence-corrected chi connectivity index (χ3v) is 4.88. The molecule has 4 amide bonds. The molecule has 1 fully saturated rings. The Hall–Kier alpha value is -3.18. The molecule has 7 nitrogen and oxygen atoms in total. The average molecular weight is 368 g/mol. The second-order valence-corrected chi connectivity index (χ2v) is 6.82. The van der Waals surface area contributed by atoms with Crippen LogP contribution in [0.25, 0.3) is 0 Å². The van der Waals surface area contributed by atoms with Crippen molar-refractivity contribution in [1.82, 2.24) is 10.2 Å². The van der Waals surface area contributed by atoms with Crippen molar-refractivity contribution in [1.29, 1.82) is 5.26 Å². The summed E-state index contributed by atoms with van der Waals surface area (Å²) in [4.78, 5) is 38.0. The van der Waals surface area contributed by atoms with E-state index < -0.39 is 23.4 Å². The standard InChI is InChI=1S/C18H16N4O3S/c1-18(13-7-9-26-11-13)16(24)22(17(25)21-18)10-15(23)20-14-4-2-12(3-5-14)6-8-19/h2-5,7,9,11H,6,10H2,1H3,(H,20,23)(H,21,25)/t18-/m1/s1. The van der Waals surface area contributed by atoms with Crippen LogP contribution < -0.4 is 10.6 Å². The Morgan fingerprint density at radius 3 is 2.65 bits per heavy atom. The molecule has 0 aliphatic carbocycles. The van der Waals surface area contributed by atoms with Crippen molar-refractivity contribution in [2.45, 2.75) is 18.9 Å². The predicted octanol–water partition coefficient (Wildman–Crippen LogP) is 2.22. The zero-order chi connectivity index (χ0) is 18.7. The van der Waals surface area contributed by atoms with Gasteiger partial charge in [-0.2, -0.15) is 16.6 Å². The fraction of sp³-hybridized carbons (Fsp3) is 0.222. The first-order valence-electron chi connectivity index (χ1n) is 7.86. The number of rotatable bonds is 5. The first-order valence-corrected chi connectivity index (χ1v) is 8.81. The number of benzene rings is 1. The van der Waals surface area contributed by atoms with Crippen LogP contribution in [0.2, 0.25) is 0 Å². The highest BCUT2D eigenvalue weighted by Gasteiger charge is 2.49. The Morgan fingerprint density at radius 1 is 1.31 bits per heavy atom. The molecule has 1 aromatic heterocycles. The number of carbonyl (C=O) groups is 3. The quantitative estimate of drug-likeness (QED) is 0.790. The molecular formula is C18H16N4O3S. The van der Waals surface area contributed by atoms with E-state index in [2.05, 4.69) is 10.6 Å². The number of hydrogen-bond acceptors (Lipinski definition) is 5. The molecular weight excluding hydrogens is 352 g/mol. The molecule has 2 aromatic rings. The molecule has 1 aliphatic rings. The third kappa shape index (κ3) is 3.30. The van der Waals surface area contributed by atoms with E-state index in [1.165, 1.54) is 11.3 Å². The highest BCUT2D eigenvalue weighted by Crippen LogP contribution is 2.30. The summed E-state index contributed by atoms with van der Waals surface area (Å²) in [6, 6.07) is 10.0. The number of hydrogen-bond donors (Lipinski definition) is 2. The number of thiophene rings is 1. The molecule has 0 bridgehead atoms. The molecule has 1 aliphatic heterocycles. The van der Waals surface area contributed by atoms with E-state index in [1.807, 2.05) is 11.4 Å². The van der Waals surface area contributed by atoms with Crippen LogP contribution in [-0.2, 0) is 21.5 Å². The molecule has 1 saturated heterocycles. The number of amides is 4. The van der Waals surface area contributed by atoms with Crippen LogP contribution in [-0.4, -0.2) is 29.3 Å². The predicted molar refractivity (Wildman–Crippen MR) is 96.3 cm³/mol. The van der Waals surface area contributed by atoms with Gasteiger partial charge in [0.05, 0.1) is 12.5 Å². The van der Waals surface area contributed by atoms with Crippen LogP contribution in [0.3, 0.4) is 0 Å². The molecule has 2 N–H and O–H groups in total. The summed E-state index contributed by atoms with van der Waals surface area (Å²) in [7, 11) is 0. The van der Waals surface area contributed by atoms with E-state index in [4.69, 9.17) is 5.26 Å². The van der Waals surface area contributed by atoms with Crippen LogP contribution in [0.15, 0.2) is 41.1 Å². The molecule has 1 atom stereocenters. The summed E-state index contributed by atoms with van der Waals surface area (Å²) in [6.07, 6.45) is 0.290. The number of nitrogens with one attached hydrogen (secondary N) is 2. The molecule has 0 unspecified atom stereocenters. The molecule has 0 saturated carbocycles. The molecule has 2 heterocycles. The first-order chi connectivity index (χ1) is 12.4. The van der Waals surface area contributed by atoms with Crippen molar-refractivity contribution in [3.05, 3.63) is 52.2 Å². The second-order valence-electron chi connectivity index (χ2n) is 6.04. The summed E-state index contributed by atoms with van der Waals surface area (Å²) in [5, 5.41) is 17.6. The number of nitrogens with zero attached hydrogens (tertiary/aromatic N) is 2. The van der Waals surface area contributed by atoms with Gasteiger partial charge in [0, 0.05) is 5.69 Å². The Kier molecular flexibility index (Phi) is 4.73. The van der Waals surface area contributed by atoms with E-state index in [-0.39, 0.29) is 13.0 Å². The van der Waals surface area contributed by atoms with Crippen molar-refractivity contribution < 1.29 is 14.4 Å². The smallest absolute Gasteiger partial charge is 0.325 e. The van der Waals surface area contributed by atoms with Gasteiger partial charge in [-0.15, -0.1) is 0 Å². The minimum Gasteiger partial charge on any atom is -0.325 e. The first kappa shape index (κ1) is 17.6. The number of carbonyl (C=O) groups excluding carboxylic acids is 3. The summed E-state index contributed by atoms with van der Waals surface area (Å²) in [5.74, 6) is -0.934. The largest absolute Gasteiger partial charge is 0.325 e. The van der Waals surface area contributed by atoms with Crippen LogP contribution in [0.1, 0.15) is 18.1 Å². The van der Waals surface area contributed by atoms with E-state index in [0.29, 0.717) is 11.3 Å². The fourth-order valence-electron chi connectivity index (χ4n) is 2.73. The van der Waals surface area contributed by atoms with Crippen molar-refractivity contribution in [3.8, 4) is 6.07 Å². The van der Waals surface area contributed by atoms with Crippen molar-refractivity contribution >= 4 is 34.9 Å². The van der Waals surface area contributed by atoms with Gasteiger partial charge in [-0.25, -0.2) is 4.79 Å². The van der Waals surface area contributed by atoms with Crippen LogP contribution in [0.5, 0.6) is 0 Å².